The minimum absolute atomic E-state index is 0.00632. The molecule has 324 valence electrons. The lowest BCUT2D eigenvalue weighted by molar-refractivity contribution is -0.134. The molecule has 10 nitrogen and oxygen atoms in total. The minimum Gasteiger partial charge on any atom is -0.504 e. The normalized spacial score (nSPS) is 30.8. The SMILES string of the molecule is COc1cc2c(cc1O)C(CCC(O)CCC1=C(Cc3cc[nH]c3)CNC(N)=C1)C#CC1(CCC(CCC3CC4CCC(=O)CC4NC34CCCCC4)CC1O)C(=O)CC2. The van der Waals surface area contributed by atoms with Gasteiger partial charge in [-0.15, -0.1) is 0 Å². The fraction of sp³-hybridized carbons (Fsp3) is 0.640. The molecule has 4 aliphatic carbocycles. The van der Waals surface area contributed by atoms with E-state index < -0.39 is 17.6 Å². The van der Waals surface area contributed by atoms with Crippen molar-refractivity contribution in [2.24, 2.45) is 28.9 Å². The Balaban J connectivity index is 0.958. The number of benzene rings is 1. The molecule has 10 heteroatoms. The summed E-state index contributed by atoms with van der Waals surface area (Å²) in [4.78, 5) is 29.9. The molecule has 8 rings (SSSR count). The molecule has 8 atom stereocenters. The van der Waals surface area contributed by atoms with E-state index in [-0.39, 0.29) is 29.4 Å². The predicted molar refractivity (Wildman–Crippen MR) is 233 cm³/mol. The van der Waals surface area contributed by atoms with Crippen LogP contribution >= 0.6 is 0 Å². The van der Waals surface area contributed by atoms with Crippen LogP contribution in [0.25, 0.3) is 0 Å². The molecule has 8 N–H and O–H groups in total. The number of methoxy groups -OCH3 is 1. The number of aromatic amines is 1. The molecule has 1 aromatic carbocycles. The van der Waals surface area contributed by atoms with Gasteiger partial charge in [0.05, 0.1) is 25.1 Å². The van der Waals surface area contributed by atoms with Gasteiger partial charge in [0.1, 0.15) is 11.2 Å². The summed E-state index contributed by atoms with van der Waals surface area (Å²) in [5.41, 5.74) is 10.5. The van der Waals surface area contributed by atoms with E-state index in [4.69, 9.17) is 10.5 Å². The van der Waals surface area contributed by atoms with Crippen LogP contribution in [0.5, 0.6) is 11.5 Å². The number of aromatic hydroxyl groups is 1. The highest BCUT2D eigenvalue weighted by Gasteiger charge is 2.50. The van der Waals surface area contributed by atoms with Crippen molar-refractivity contribution in [3.05, 3.63) is 70.3 Å². The standard InChI is InChI=1S/C50H68N4O6/c1-60-45-26-36-9-14-46(58)49(20-15-32(24-47(49)59)5-10-39-25-37-8-13-41(56)28-43(37)54-50(39)18-3-2-4-19-50)21-16-34(42(36)29-44(45)57)6-11-40(55)12-7-35-27-48(51)53-31-38(35)23-33-17-22-52-30-33/h17,22,26-27,29-30,32,34,37,39-40,43,47,52-55,57,59H,2-15,18-20,23-25,28,31,51H2,1H3. The number of nitrogens with two attached hydrogens (primary N) is 1. The summed E-state index contributed by atoms with van der Waals surface area (Å²) in [6.07, 6.45) is 22.2. The van der Waals surface area contributed by atoms with E-state index in [1.165, 1.54) is 56.8 Å². The first-order valence-electron chi connectivity index (χ1n) is 23.2. The lowest BCUT2D eigenvalue weighted by atomic mass is 9.60. The van der Waals surface area contributed by atoms with E-state index in [9.17, 15) is 24.9 Å². The quantitative estimate of drug-likeness (QED) is 0.110. The summed E-state index contributed by atoms with van der Waals surface area (Å²) in [6.45, 7) is 0.678. The second-order valence-corrected chi connectivity index (χ2v) is 19.4. The Bertz CT molecular complexity index is 1990. The van der Waals surface area contributed by atoms with E-state index >= 15 is 0 Å². The summed E-state index contributed by atoms with van der Waals surface area (Å²) in [6, 6.07) is 5.96. The first-order chi connectivity index (χ1) is 29.0. The first-order valence-corrected chi connectivity index (χ1v) is 23.2. The lowest BCUT2D eigenvalue weighted by Crippen LogP contribution is -2.63. The van der Waals surface area contributed by atoms with Gasteiger partial charge in [-0.1, -0.05) is 37.5 Å². The van der Waals surface area contributed by atoms with E-state index in [0.717, 1.165) is 55.2 Å². The molecule has 0 radical (unpaired) electrons. The number of carbonyl (C=O) groups is 2. The Labute approximate surface area is 356 Å². The number of aromatic nitrogens is 1. The van der Waals surface area contributed by atoms with Crippen LogP contribution in [0.3, 0.4) is 0 Å². The number of H-pyrrole nitrogens is 1. The van der Waals surface area contributed by atoms with Crippen molar-refractivity contribution < 1.29 is 29.6 Å². The molecule has 0 amide bonds. The molecule has 3 heterocycles. The number of aryl methyl sites for hydroxylation is 1. The number of rotatable bonds is 12. The Kier molecular flexibility index (Phi) is 13.2. The number of Topliss-reactive ketones (excluding diaryl/α,β-unsaturated/α-hetero) is 2. The third-order valence-corrected chi connectivity index (χ3v) is 15.7. The Morgan fingerprint density at radius 1 is 1.02 bits per heavy atom. The molecule has 60 heavy (non-hydrogen) atoms. The van der Waals surface area contributed by atoms with Crippen molar-refractivity contribution in [2.75, 3.05) is 13.7 Å². The maximum absolute atomic E-state index is 14.3. The fourth-order valence-electron chi connectivity index (χ4n) is 12.1. The summed E-state index contributed by atoms with van der Waals surface area (Å²) in [7, 11) is 1.53. The van der Waals surface area contributed by atoms with Crippen LogP contribution in [-0.4, -0.2) is 69.3 Å². The summed E-state index contributed by atoms with van der Waals surface area (Å²) in [5, 5.41) is 41.8. The number of piperidine rings is 1. The average Bonchev–Trinajstić information content (AvgIpc) is 3.77. The maximum atomic E-state index is 14.3. The zero-order valence-corrected chi connectivity index (χ0v) is 35.7. The largest absolute Gasteiger partial charge is 0.504 e. The monoisotopic (exact) mass is 821 g/mol. The molecule has 8 unspecified atom stereocenters. The summed E-state index contributed by atoms with van der Waals surface area (Å²) in [5.74, 6) is 9.49. The van der Waals surface area contributed by atoms with Crippen LogP contribution in [0.1, 0.15) is 145 Å². The molecule has 2 aromatic rings. The summed E-state index contributed by atoms with van der Waals surface area (Å²) < 4.78 is 5.49. The second kappa shape index (κ2) is 18.5. The highest BCUT2D eigenvalue weighted by molar-refractivity contribution is 5.89. The Hall–Kier alpha value is -4.04. The number of aliphatic hydroxyl groups excluding tert-OH is 2. The van der Waals surface area contributed by atoms with Crippen molar-refractivity contribution in [3.63, 3.8) is 0 Å². The average molecular weight is 821 g/mol. The molecule has 3 saturated carbocycles. The van der Waals surface area contributed by atoms with Gasteiger partial charge in [-0.3, -0.25) is 9.59 Å². The van der Waals surface area contributed by atoms with Crippen molar-refractivity contribution in [1.82, 2.24) is 15.6 Å². The van der Waals surface area contributed by atoms with Gasteiger partial charge >= 0.3 is 0 Å². The van der Waals surface area contributed by atoms with Gasteiger partial charge in [-0.25, -0.2) is 0 Å². The lowest BCUT2D eigenvalue weighted by Gasteiger charge is -2.54. The van der Waals surface area contributed by atoms with Gasteiger partial charge < -0.3 is 41.4 Å². The minimum atomic E-state index is -1.13. The van der Waals surface area contributed by atoms with Gasteiger partial charge in [0.2, 0.25) is 0 Å². The molecule has 1 aromatic heterocycles. The molecule has 2 spiro atoms. The van der Waals surface area contributed by atoms with Crippen molar-refractivity contribution in [2.45, 2.75) is 165 Å². The third kappa shape index (κ3) is 9.24. The number of ketones is 2. The number of hydrogen-bond acceptors (Lipinski definition) is 9. The molecule has 2 aliphatic heterocycles. The smallest absolute Gasteiger partial charge is 0.160 e. The third-order valence-electron chi connectivity index (χ3n) is 15.7. The molecular formula is C50H68N4O6. The number of dihydropyridines is 1. The number of carbonyl (C=O) groups excluding carboxylic acids is 2. The van der Waals surface area contributed by atoms with E-state index in [2.05, 4.69) is 33.5 Å². The molecular weight excluding hydrogens is 753 g/mol. The maximum Gasteiger partial charge on any atom is 0.160 e. The van der Waals surface area contributed by atoms with Crippen LogP contribution < -0.4 is 21.1 Å². The number of aliphatic hydroxyl groups is 2. The highest BCUT2D eigenvalue weighted by atomic mass is 16.5. The van der Waals surface area contributed by atoms with Crippen LogP contribution in [0, 0.1) is 35.0 Å². The highest BCUT2D eigenvalue weighted by Crippen LogP contribution is 2.49. The number of phenolic OH excluding ortho intramolecular Hbond substituents is 1. The number of phenols is 1. The van der Waals surface area contributed by atoms with Gasteiger partial charge in [0.15, 0.2) is 17.3 Å². The predicted octanol–water partition coefficient (Wildman–Crippen LogP) is 7.17. The van der Waals surface area contributed by atoms with Crippen LogP contribution in [-0.2, 0) is 22.4 Å². The van der Waals surface area contributed by atoms with Gasteiger partial charge in [0, 0.05) is 55.7 Å². The molecule has 4 fully saturated rings. The Morgan fingerprint density at radius 2 is 1.87 bits per heavy atom. The zero-order chi connectivity index (χ0) is 41.9. The van der Waals surface area contributed by atoms with Gasteiger partial charge in [-0.2, -0.15) is 0 Å². The number of fused-ring (bicyclic) bond motifs is 2. The second-order valence-electron chi connectivity index (χ2n) is 19.4. The van der Waals surface area contributed by atoms with Crippen LogP contribution in [0.4, 0.5) is 0 Å². The first kappa shape index (κ1) is 42.6. The topological polar surface area (TPSA) is 170 Å². The molecule has 0 bridgehead atoms. The van der Waals surface area contributed by atoms with Crippen molar-refractivity contribution in [3.8, 4) is 23.3 Å². The van der Waals surface area contributed by atoms with Gasteiger partial charge in [-0.05, 0) is 160 Å². The van der Waals surface area contributed by atoms with Crippen LogP contribution in [0.2, 0.25) is 0 Å². The molecule has 6 aliphatic rings. The number of hydrogen-bond donors (Lipinski definition) is 7. The van der Waals surface area contributed by atoms with E-state index in [1.807, 2.05) is 24.5 Å². The fourth-order valence-corrected chi connectivity index (χ4v) is 12.1. The van der Waals surface area contributed by atoms with Crippen molar-refractivity contribution in [1.29, 1.82) is 0 Å². The van der Waals surface area contributed by atoms with E-state index in [1.54, 1.807) is 6.07 Å². The van der Waals surface area contributed by atoms with Crippen LogP contribution in [0.15, 0.2) is 53.6 Å². The van der Waals surface area contributed by atoms with E-state index in [0.29, 0.717) is 99.1 Å². The summed E-state index contributed by atoms with van der Waals surface area (Å²) >= 11 is 0. The van der Waals surface area contributed by atoms with Gasteiger partial charge in [0.25, 0.3) is 0 Å². The zero-order valence-electron chi connectivity index (χ0n) is 35.7. The van der Waals surface area contributed by atoms with Crippen molar-refractivity contribution >= 4 is 11.6 Å². The number of ether oxygens (including phenoxy) is 1. The molecule has 1 saturated heterocycles. The number of allylic oxidation sites excluding steroid dienone is 2. The Morgan fingerprint density at radius 3 is 2.65 bits per heavy atom. The number of nitrogens with one attached hydrogen (secondary N) is 3.